The maximum atomic E-state index is 13.3. The lowest BCUT2D eigenvalue weighted by Gasteiger charge is -2.22. The molecule has 0 amide bonds. The molecule has 94 valence electrons. The third kappa shape index (κ3) is 3.12. The monoisotopic (exact) mass is 245 g/mol. The highest BCUT2D eigenvalue weighted by atomic mass is 19.2. The predicted octanol–water partition coefficient (Wildman–Crippen LogP) is 2.94. The van der Waals surface area contributed by atoms with Crippen LogP contribution in [0.3, 0.4) is 0 Å². The van der Waals surface area contributed by atoms with E-state index in [0.717, 1.165) is 25.5 Å². The van der Waals surface area contributed by atoms with Crippen LogP contribution in [0.1, 0.15) is 12.8 Å². The van der Waals surface area contributed by atoms with Crippen LogP contribution in [0.2, 0.25) is 0 Å². The number of halogens is 3. The number of anilines is 1. The number of ether oxygens (including phenoxy) is 1. The second kappa shape index (κ2) is 5.40. The number of hydrogen-bond acceptors (Lipinski definition) is 2. The summed E-state index contributed by atoms with van der Waals surface area (Å²) in [5, 5.41) is 2.73. The van der Waals surface area contributed by atoms with Gasteiger partial charge in [0, 0.05) is 25.3 Å². The fraction of sp³-hybridized carbons (Fsp3) is 0.500. The lowest BCUT2D eigenvalue weighted by Crippen LogP contribution is -2.24. The Morgan fingerprint density at radius 3 is 2.82 bits per heavy atom. The van der Waals surface area contributed by atoms with E-state index < -0.39 is 17.5 Å². The standard InChI is InChI=1S/C12H14F3NO/c13-9-4-10(14)12(15)11(5-9)16-6-8-2-1-3-17-7-8/h4-5,8,16H,1-3,6-7H2. The van der Waals surface area contributed by atoms with Crippen LogP contribution in [0.15, 0.2) is 12.1 Å². The van der Waals surface area contributed by atoms with Crippen molar-refractivity contribution >= 4 is 5.69 Å². The van der Waals surface area contributed by atoms with Crippen LogP contribution in [-0.2, 0) is 4.74 Å². The van der Waals surface area contributed by atoms with Crippen molar-refractivity contribution in [2.45, 2.75) is 12.8 Å². The van der Waals surface area contributed by atoms with Crippen molar-refractivity contribution in [1.29, 1.82) is 0 Å². The number of hydrogen-bond donors (Lipinski definition) is 1. The van der Waals surface area contributed by atoms with Crippen molar-refractivity contribution in [3.8, 4) is 0 Å². The van der Waals surface area contributed by atoms with E-state index in [4.69, 9.17) is 4.74 Å². The second-order valence-corrected chi connectivity index (χ2v) is 4.21. The summed E-state index contributed by atoms with van der Waals surface area (Å²) in [7, 11) is 0. The molecule has 1 N–H and O–H groups in total. The summed E-state index contributed by atoms with van der Waals surface area (Å²) in [4.78, 5) is 0. The fourth-order valence-corrected chi connectivity index (χ4v) is 1.91. The molecule has 0 radical (unpaired) electrons. The molecule has 1 fully saturated rings. The summed E-state index contributed by atoms with van der Waals surface area (Å²) in [6, 6.07) is 1.49. The van der Waals surface area contributed by atoms with Gasteiger partial charge in [-0.05, 0) is 18.8 Å². The highest BCUT2D eigenvalue weighted by Crippen LogP contribution is 2.21. The first-order valence-electron chi connectivity index (χ1n) is 5.63. The Morgan fingerprint density at radius 1 is 1.29 bits per heavy atom. The summed E-state index contributed by atoms with van der Waals surface area (Å²) < 4.78 is 44.4. The van der Waals surface area contributed by atoms with E-state index >= 15 is 0 Å². The first-order valence-corrected chi connectivity index (χ1v) is 5.63. The zero-order valence-corrected chi connectivity index (χ0v) is 9.31. The normalized spacial score (nSPS) is 20.3. The van der Waals surface area contributed by atoms with Crippen molar-refractivity contribution in [3.05, 3.63) is 29.6 Å². The molecule has 1 aromatic carbocycles. The highest BCUT2D eigenvalue weighted by molar-refractivity contribution is 5.45. The minimum atomic E-state index is -1.17. The molecule has 0 spiro atoms. The van der Waals surface area contributed by atoms with Crippen LogP contribution in [0.5, 0.6) is 0 Å². The van der Waals surface area contributed by atoms with Crippen LogP contribution < -0.4 is 5.32 Å². The molecule has 5 heteroatoms. The highest BCUT2D eigenvalue weighted by Gasteiger charge is 2.16. The minimum Gasteiger partial charge on any atom is -0.382 e. The summed E-state index contributed by atoms with van der Waals surface area (Å²) in [6.45, 7) is 1.81. The third-order valence-corrected chi connectivity index (χ3v) is 2.83. The molecule has 1 aromatic rings. The van der Waals surface area contributed by atoms with Gasteiger partial charge in [0.25, 0.3) is 0 Å². The van der Waals surface area contributed by atoms with E-state index in [1.54, 1.807) is 0 Å². The Labute approximate surface area is 97.8 Å². The number of nitrogens with one attached hydrogen (secondary N) is 1. The van der Waals surface area contributed by atoms with Gasteiger partial charge in [-0.1, -0.05) is 0 Å². The smallest absolute Gasteiger partial charge is 0.182 e. The molecular formula is C12H14F3NO. The average Bonchev–Trinajstić information content (AvgIpc) is 2.33. The van der Waals surface area contributed by atoms with Crippen LogP contribution in [-0.4, -0.2) is 19.8 Å². The first-order chi connectivity index (χ1) is 8.16. The molecule has 1 aliphatic heterocycles. The van der Waals surface area contributed by atoms with Gasteiger partial charge in [-0.2, -0.15) is 0 Å². The fourth-order valence-electron chi connectivity index (χ4n) is 1.91. The Morgan fingerprint density at radius 2 is 2.12 bits per heavy atom. The zero-order valence-electron chi connectivity index (χ0n) is 9.31. The Balaban J connectivity index is 1.98. The summed E-state index contributed by atoms with van der Waals surface area (Å²) >= 11 is 0. The summed E-state index contributed by atoms with van der Waals surface area (Å²) in [5.74, 6) is -2.74. The third-order valence-electron chi connectivity index (χ3n) is 2.83. The largest absolute Gasteiger partial charge is 0.382 e. The summed E-state index contributed by atoms with van der Waals surface area (Å²) in [6.07, 6.45) is 1.94. The van der Waals surface area contributed by atoms with Gasteiger partial charge in [-0.3, -0.25) is 0 Å². The van der Waals surface area contributed by atoms with Crippen molar-refractivity contribution in [2.75, 3.05) is 25.1 Å². The van der Waals surface area contributed by atoms with Gasteiger partial charge in [0.1, 0.15) is 5.82 Å². The van der Waals surface area contributed by atoms with E-state index in [1.165, 1.54) is 0 Å². The first kappa shape index (κ1) is 12.2. The molecule has 1 unspecified atom stereocenters. The van der Waals surface area contributed by atoms with Gasteiger partial charge in [0.15, 0.2) is 11.6 Å². The molecule has 1 atom stereocenters. The zero-order chi connectivity index (χ0) is 12.3. The van der Waals surface area contributed by atoms with Crippen molar-refractivity contribution < 1.29 is 17.9 Å². The number of rotatable bonds is 3. The van der Waals surface area contributed by atoms with E-state index in [2.05, 4.69) is 5.32 Å². The minimum absolute atomic E-state index is 0.131. The van der Waals surface area contributed by atoms with E-state index in [-0.39, 0.29) is 11.6 Å². The SMILES string of the molecule is Fc1cc(F)c(F)c(NCC2CCCOC2)c1. The molecule has 0 aliphatic carbocycles. The molecule has 0 bridgehead atoms. The molecule has 2 rings (SSSR count). The molecule has 0 saturated carbocycles. The molecule has 1 aliphatic rings. The maximum Gasteiger partial charge on any atom is 0.182 e. The molecule has 17 heavy (non-hydrogen) atoms. The Bertz CT molecular complexity index is 392. The van der Waals surface area contributed by atoms with Crippen molar-refractivity contribution in [1.82, 2.24) is 0 Å². The van der Waals surface area contributed by atoms with Gasteiger partial charge in [-0.25, -0.2) is 13.2 Å². The molecule has 1 heterocycles. The van der Waals surface area contributed by atoms with E-state index in [1.807, 2.05) is 0 Å². The number of benzene rings is 1. The van der Waals surface area contributed by atoms with Gasteiger partial charge in [0.05, 0.1) is 12.3 Å². The maximum absolute atomic E-state index is 13.3. The summed E-state index contributed by atoms with van der Waals surface area (Å²) in [5.41, 5.74) is -0.131. The van der Waals surface area contributed by atoms with Crippen LogP contribution in [0.25, 0.3) is 0 Å². The Hall–Kier alpha value is -1.23. The lowest BCUT2D eigenvalue weighted by molar-refractivity contribution is 0.0595. The van der Waals surface area contributed by atoms with Crippen molar-refractivity contribution in [2.24, 2.45) is 5.92 Å². The van der Waals surface area contributed by atoms with Crippen LogP contribution in [0, 0.1) is 23.4 Å². The lowest BCUT2D eigenvalue weighted by atomic mass is 10.0. The van der Waals surface area contributed by atoms with E-state index in [9.17, 15) is 13.2 Å². The van der Waals surface area contributed by atoms with Crippen LogP contribution in [0.4, 0.5) is 18.9 Å². The van der Waals surface area contributed by atoms with Gasteiger partial charge in [0.2, 0.25) is 0 Å². The molecular weight excluding hydrogens is 231 g/mol. The molecule has 0 aromatic heterocycles. The van der Waals surface area contributed by atoms with Gasteiger partial charge < -0.3 is 10.1 Å². The quantitative estimate of drug-likeness (QED) is 0.827. The molecule has 2 nitrogen and oxygen atoms in total. The predicted molar refractivity (Wildman–Crippen MR) is 58.3 cm³/mol. The van der Waals surface area contributed by atoms with Gasteiger partial charge in [-0.15, -0.1) is 0 Å². The van der Waals surface area contributed by atoms with Crippen molar-refractivity contribution in [3.63, 3.8) is 0 Å². The van der Waals surface area contributed by atoms with E-state index in [0.29, 0.717) is 19.2 Å². The molecule has 1 saturated heterocycles. The van der Waals surface area contributed by atoms with Crippen LogP contribution >= 0.6 is 0 Å². The Kier molecular flexibility index (Phi) is 3.89. The average molecular weight is 245 g/mol. The second-order valence-electron chi connectivity index (χ2n) is 4.21. The van der Waals surface area contributed by atoms with Gasteiger partial charge >= 0.3 is 0 Å². The topological polar surface area (TPSA) is 21.3 Å².